The van der Waals surface area contributed by atoms with Gasteiger partial charge in [-0.2, -0.15) is 0 Å². The van der Waals surface area contributed by atoms with Crippen LogP contribution in [-0.2, 0) is 5.41 Å². The average Bonchev–Trinajstić information content (AvgIpc) is 1.62. The Labute approximate surface area is 523 Å². The van der Waals surface area contributed by atoms with Gasteiger partial charge in [-0.15, -0.1) is 0 Å². The second-order valence-corrected chi connectivity index (χ2v) is 23.7. The van der Waals surface area contributed by atoms with Crippen molar-refractivity contribution >= 4 is 34.1 Å². The molecule has 0 fully saturated rings. The van der Waals surface area contributed by atoms with Crippen LogP contribution in [0.25, 0.3) is 100 Å². The van der Waals surface area contributed by atoms with Crippen molar-refractivity contribution in [1.29, 1.82) is 0 Å². The standard InChI is InChI=1S/C87H64N2/c1-87(2)85-59-81(88(77-47-39-73(40-48-77)69-31-23-65(24-32-69)61-15-7-3-8-16-61)78-49-41-74(42-50-78)70-33-25-66(26-34-70)62-17-9-4-10-18-62)55-57-83(85)84-58-56-82(60-86(84)87)89(79-51-43-75(44-52-79)71-35-27-67(28-36-71)63-19-11-5-12-20-63)80-53-45-76(46-54-80)72-37-29-68(30-38-72)64-21-13-6-14-22-64/h3-60H,1-2H3. The summed E-state index contributed by atoms with van der Waals surface area (Å²) < 4.78 is 0. The molecule has 0 saturated heterocycles. The highest BCUT2D eigenvalue weighted by molar-refractivity contribution is 5.90. The van der Waals surface area contributed by atoms with Crippen LogP contribution in [0.4, 0.5) is 34.1 Å². The lowest BCUT2D eigenvalue weighted by molar-refractivity contribution is 0.660. The van der Waals surface area contributed by atoms with Crippen LogP contribution < -0.4 is 9.80 Å². The molecular weight excluding hydrogens is 1070 g/mol. The summed E-state index contributed by atoms with van der Waals surface area (Å²) in [4.78, 5) is 4.83. The summed E-state index contributed by atoms with van der Waals surface area (Å²) in [6.45, 7) is 4.79. The highest BCUT2D eigenvalue weighted by atomic mass is 15.1. The van der Waals surface area contributed by atoms with Gasteiger partial charge in [-0.05, 0) is 184 Å². The van der Waals surface area contributed by atoms with Crippen molar-refractivity contribution < 1.29 is 0 Å². The van der Waals surface area contributed by atoms with Crippen LogP contribution >= 0.6 is 0 Å². The third-order valence-corrected chi connectivity index (χ3v) is 18.0. The molecule has 0 saturated carbocycles. The summed E-state index contributed by atoms with van der Waals surface area (Å²) in [5.74, 6) is 0. The fraction of sp³-hybridized carbons (Fsp3) is 0.0345. The number of anilines is 6. The van der Waals surface area contributed by atoms with Crippen molar-refractivity contribution in [3.8, 4) is 100 Å². The minimum atomic E-state index is -0.328. The topological polar surface area (TPSA) is 6.48 Å². The molecule has 0 heterocycles. The lowest BCUT2D eigenvalue weighted by Crippen LogP contribution is -2.17. The van der Waals surface area contributed by atoms with Gasteiger partial charge in [-0.25, -0.2) is 0 Å². The molecule has 14 aromatic rings. The molecule has 15 rings (SSSR count). The first-order valence-electron chi connectivity index (χ1n) is 30.8. The summed E-state index contributed by atoms with van der Waals surface area (Å²) in [6.07, 6.45) is 0. The number of nitrogens with zero attached hydrogens (tertiary/aromatic N) is 2. The summed E-state index contributed by atoms with van der Waals surface area (Å²) in [5.41, 5.74) is 30.5. The van der Waals surface area contributed by atoms with Gasteiger partial charge in [-0.3, -0.25) is 0 Å². The molecular formula is C87H64N2. The first kappa shape index (κ1) is 54.3. The molecule has 0 aromatic heterocycles. The van der Waals surface area contributed by atoms with Gasteiger partial charge in [0.05, 0.1) is 0 Å². The van der Waals surface area contributed by atoms with Crippen molar-refractivity contribution in [2.75, 3.05) is 9.80 Å². The number of hydrogen-bond donors (Lipinski definition) is 0. The minimum Gasteiger partial charge on any atom is -0.310 e. The highest BCUT2D eigenvalue weighted by Gasteiger charge is 2.37. The van der Waals surface area contributed by atoms with Crippen LogP contribution in [0.1, 0.15) is 25.0 Å². The van der Waals surface area contributed by atoms with Gasteiger partial charge >= 0.3 is 0 Å². The number of hydrogen-bond acceptors (Lipinski definition) is 2. The van der Waals surface area contributed by atoms with E-state index < -0.39 is 0 Å². The summed E-state index contributed by atoms with van der Waals surface area (Å²) >= 11 is 0. The second kappa shape index (κ2) is 23.5. The van der Waals surface area contributed by atoms with Crippen molar-refractivity contribution in [3.63, 3.8) is 0 Å². The van der Waals surface area contributed by atoms with Crippen LogP contribution in [-0.4, -0.2) is 0 Å². The first-order chi connectivity index (χ1) is 43.8. The van der Waals surface area contributed by atoms with E-state index in [9.17, 15) is 0 Å². The summed E-state index contributed by atoms with van der Waals surface area (Å²) in [5, 5.41) is 0. The fourth-order valence-electron chi connectivity index (χ4n) is 13.0. The molecule has 422 valence electrons. The van der Waals surface area contributed by atoms with Gasteiger partial charge < -0.3 is 9.80 Å². The van der Waals surface area contributed by atoms with Gasteiger partial charge in [0, 0.05) is 39.5 Å². The van der Waals surface area contributed by atoms with Gasteiger partial charge in [-0.1, -0.05) is 293 Å². The average molecular weight is 1140 g/mol. The number of rotatable bonds is 14. The Morgan fingerprint density at radius 1 is 0.169 bits per heavy atom. The van der Waals surface area contributed by atoms with Crippen molar-refractivity contribution in [1.82, 2.24) is 0 Å². The van der Waals surface area contributed by atoms with Crippen LogP contribution in [0.15, 0.2) is 352 Å². The van der Waals surface area contributed by atoms with E-state index in [2.05, 4.69) is 375 Å². The maximum atomic E-state index is 2.44. The molecule has 0 bridgehead atoms. The summed E-state index contributed by atoms with van der Waals surface area (Å²) in [6, 6.07) is 128. The quantitative estimate of drug-likeness (QED) is 0.107. The van der Waals surface area contributed by atoms with Crippen LogP contribution in [0.2, 0.25) is 0 Å². The van der Waals surface area contributed by atoms with Crippen molar-refractivity contribution in [2.45, 2.75) is 19.3 Å². The predicted octanol–water partition coefficient (Wildman–Crippen LogP) is 24.3. The zero-order valence-electron chi connectivity index (χ0n) is 49.9. The van der Waals surface area contributed by atoms with E-state index >= 15 is 0 Å². The monoisotopic (exact) mass is 1140 g/mol. The minimum absolute atomic E-state index is 0.328. The van der Waals surface area contributed by atoms with Crippen LogP contribution in [0.3, 0.4) is 0 Å². The molecule has 0 atom stereocenters. The smallest absolute Gasteiger partial charge is 0.0465 e. The van der Waals surface area contributed by atoms with E-state index in [1.54, 1.807) is 0 Å². The van der Waals surface area contributed by atoms with Crippen molar-refractivity contribution in [2.24, 2.45) is 0 Å². The number of benzene rings is 14. The van der Waals surface area contributed by atoms with E-state index in [4.69, 9.17) is 0 Å². The molecule has 0 N–H and O–H groups in total. The molecule has 0 aliphatic heterocycles. The molecule has 0 amide bonds. The Balaban J connectivity index is 0.770. The molecule has 14 aromatic carbocycles. The molecule has 0 spiro atoms. The predicted molar refractivity (Wildman–Crippen MR) is 377 cm³/mol. The maximum Gasteiger partial charge on any atom is 0.0465 e. The fourth-order valence-corrected chi connectivity index (χ4v) is 13.0. The second-order valence-electron chi connectivity index (χ2n) is 23.7. The van der Waals surface area contributed by atoms with Gasteiger partial charge in [0.15, 0.2) is 0 Å². The first-order valence-corrected chi connectivity index (χ1v) is 30.8. The van der Waals surface area contributed by atoms with E-state index in [-0.39, 0.29) is 5.41 Å². The lowest BCUT2D eigenvalue weighted by atomic mass is 9.82. The number of fused-ring (bicyclic) bond motifs is 3. The van der Waals surface area contributed by atoms with E-state index in [0.717, 1.165) is 34.1 Å². The maximum absolute atomic E-state index is 2.44. The highest BCUT2D eigenvalue weighted by Crippen LogP contribution is 2.53. The largest absolute Gasteiger partial charge is 0.310 e. The van der Waals surface area contributed by atoms with Gasteiger partial charge in [0.2, 0.25) is 0 Å². The molecule has 1 aliphatic rings. The van der Waals surface area contributed by atoms with E-state index in [1.807, 2.05) is 0 Å². The van der Waals surface area contributed by atoms with Gasteiger partial charge in [0.25, 0.3) is 0 Å². The molecule has 2 nitrogen and oxygen atoms in total. The Morgan fingerprint density at radius 3 is 0.517 bits per heavy atom. The zero-order chi connectivity index (χ0) is 59.7. The molecule has 1 aliphatic carbocycles. The third kappa shape index (κ3) is 10.8. The van der Waals surface area contributed by atoms with E-state index in [0.29, 0.717) is 0 Å². The summed E-state index contributed by atoms with van der Waals surface area (Å²) in [7, 11) is 0. The lowest BCUT2D eigenvalue weighted by Gasteiger charge is -2.29. The normalized spacial score (nSPS) is 12.0. The van der Waals surface area contributed by atoms with Crippen LogP contribution in [0.5, 0.6) is 0 Å². The molecule has 2 heteroatoms. The van der Waals surface area contributed by atoms with Crippen molar-refractivity contribution in [3.05, 3.63) is 363 Å². The zero-order valence-corrected chi connectivity index (χ0v) is 49.9. The van der Waals surface area contributed by atoms with Crippen LogP contribution in [0, 0.1) is 0 Å². The Bertz CT molecular complexity index is 4170. The third-order valence-electron chi connectivity index (χ3n) is 18.0. The van der Waals surface area contributed by atoms with E-state index in [1.165, 1.54) is 111 Å². The Morgan fingerprint density at radius 2 is 0.326 bits per heavy atom. The molecule has 89 heavy (non-hydrogen) atoms. The SMILES string of the molecule is CC1(C)c2cc(N(c3ccc(-c4ccc(-c5ccccc5)cc4)cc3)c3ccc(-c4ccc(-c5ccccc5)cc4)cc3)ccc2-c2ccc(N(c3ccc(-c4ccc(-c5ccccc5)cc4)cc3)c3ccc(-c4ccc(-c5ccccc5)cc4)cc3)cc21. The molecule has 0 radical (unpaired) electrons. The Hall–Kier alpha value is -11.3. The Kier molecular flexibility index (Phi) is 14.4. The van der Waals surface area contributed by atoms with Gasteiger partial charge in [0.1, 0.15) is 0 Å². The molecule has 0 unspecified atom stereocenters.